The first-order chi connectivity index (χ1) is 17.8. The van der Waals surface area contributed by atoms with Gasteiger partial charge in [-0.05, 0) is 42.5 Å². The molecule has 0 saturated heterocycles. The molecule has 0 atom stereocenters. The maximum absolute atomic E-state index is 13.0. The van der Waals surface area contributed by atoms with Gasteiger partial charge in [-0.25, -0.2) is 0 Å². The molecule has 0 heterocycles. The Morgan fingerprint density at radius 2 is 1.76 bits per heavy atom. The lowest BCUT2D eigenvalue weighted by atomic mass is 10.1. The van der Waals surface area contributed by atoms with Crippen LogP contribution < -0.4 is 10.1 Å². The van der Waals surface area contributed by atoms with Gasteiger partial charge in [0.1, 0.15) is 11.6 Å². The molecule has 3 aromatic rings. The second kappa shape index (κ2) is 11.2. The van der Waals surface area contributed by atoms with Crippen LogP contribution in [0.25, 0.3) is 6.08 Å². The summed E-state index contributed by atoms with van der Waals surface area (Å²) in [5, 5.41) is 33.9. The Morgan fingerprint density at radius 3 is 2.37 bits per heavy atom. The van der Waals surface area contributed by atoms with Gasteiger partial charge in [0.25, 0.3) is 11.6 Å². The molecule has 1 amide bonds. The summed E-state index contributed by atoms with van der Waals surface area (Å²) in [5.41, 5.74) is -3.34. The zero-order valence-corrected chi connectivity index (χ0v) is 20.0. The van der Waals surface area contributed by atoms with Crippen molar-refractivity contribution in [2.45, 2.75) is 6.18 Å². The van der Waals surface area contributed by atoms with Crippen LogP contribution in [0.3, 0.4) is 0 Å². The molecule has 38 heavy (non-hydrogen) atoms. The van der Waals surface area contributed by atoms with E-state index in [1.807, 2.05) is 0 Å². The minimum Gasteiger partial charge on any atom is -0.448 e. The third-order valence-electron chi connectivity index (χ3n) is 4.71. The first-order valence-electron chi connectivity index (χ1n) is 10.00. The van der Waals surface area contributed by atoms with Crippen molar-refractivity contribution in [3.8, 4) is 17.6 Å². The van der Waals surface area contributed by atoms with E-state index >= 15 is 0 Å². The predicted octanol–water partition coefficient (Wildman–Crippen LogP) is 7.17. The van der Waals surface area contributed by atoms with Crippen LogP contribution in [0.5, 0.6) is 11.5 Å². The molecule has 0 fully saturated rings. The van der Waals surface area contributed by atoms with Crippen LogP contribution in [0.1, 0.15) is 11.1 Å². The SMILES string of the molecule is N#C/C(=C\c1cc(Cl)cc(Cl)c1Oc1ccc([N+](=O)[O-])cc1[N+](=O)[O-])C(=O)Nc1cccc(C(F)(F)F)c1. The number of hydrogen-bond donors (Lipinski definition) is 1. The van der Waals surface area contributed by atoms with Crippen LogP contribution >= 0.6 is 23.2 Å². The highest BCUT2D eigenvalue weighted by Crippen LogP contribution is 2.41. The Bertz CT molecular complexity index is 1540. The summed E-state index contributed by atoms with van der Waals surface area (Å²) in [7, 11) is 0. The summed E-state index contributed by atoms with van der Waals surface area (Å²) < 4.78 is 44.5. The van der Waals surface area contributed by atoms with Crippen LogP contribution in [0.4, 0.5) is 30.2 Å². The Kier molecular flexibility index (Phi) is 8.20. The van der Waals surface area contributed by atoms with Gasteiger partial charge in [-0.2, -0.15) is 18.4 Å². The van der Waals surface area contributed by atoms with Crippen molar-refractivity contribution >= 4 is 52.2 Å². The van der Waals surface area contributed by atoms with Gasteiger partial charge in [-0.1, -0.05) is 29.3 Å². The monoisotopic (exact) mass is 566 g/mol. The molecule has 3 aromatic carbocycles. The van der Waals surface area contributed by atoms with Crippen molar-refractivity contribution in [3.63, 3.8) is 0 Å². The van der Waals surface area contributed by atoms with Gasteiger partial charge in [-0.3, -0.25) is 25.0 Å². The molecule has 10 nitrogen and oxygen atoms in total. The highest BCUT2D eigenvalue weighted by atomic mass is 35.5. The van der Waals surface area contributed by atoms with E-state index in [-0.39, 0.29) is 27.0 Å². The molecule has 0 spiro atoms. The maximum atomic E-state index is 13.0. The fourth-order valence-corrected chi connectivity index (χ4v) is 3.58. The molecule has 0 aliphatic heterocycles. The number of nitro benzene ring substituents is 2. The number of carbonyl (C=O) groups excluding carboxylic acids is 1. The molecule has 0 saturated carbocycles. The standard InChI is InChI=1S/C23H11Cl2F3N4O6/c24-15-7-12(6-13(11-29)22(33)30-16-3-1-2-14(8-16)23(26,27)28)21(18(25)9-15)38-20-5-4-17(31(34)35)10-19(20)32(36)37/h1-10H,(H,30,33)/b13-6+. The third kappa shape index (κ3) is 6.55. The molecule has 0 aromatic heterocycles. The molecular formula is C23H11Cl2F3N4O6. The van der Waals surface area contributed by atoms with Gasteiger partial charge < -0.3 is 10.1 Å². The summed E-state index contributed by atoms with van der Waals surface area (Å²) in [5.74, 6) is -1.84. The van der Waals surface area contributed by atoms with Crippen molar-refractivity contribution < 1.29 is 32.5 Å². The highest BCUT2D eigenvalue weighted by Gasteiger charge is 2.30. The molecule has 0 unspecified atom stereocenters. The summed E-state index contributed by atoms with van der Waals surface area (Å²) >= 11 is 12.2. The smallest absolute Gasteiger partial charge is 0.416 e. The summed E-state index contributed by atoms with van der Waals surface area (Å²) in [6, 6.07) is 10.3. The maximum Gasteiger partial charge on any atom is 0.416 e. The summed E-state index contributed by atoms with van der Waals surface area (Å²) in [6.07, 6.45) is -3.72. The Labute approximate surface area is 220 Å². The molecular weight excluding hydrogens is 556 g/mol. The van der Waals surface area contributed by atoms with E-state index in [0.29, 0.717) is 12.1 Å². The van der Waals surface area contributed by atoms with E-state index in [0.717, 1.165) is 30.3 Å². The van der Waals surface area contributed by atoms with E-state index in [9.17, 15) is 43.5 Å². The number of amides is 1. The second-order valence-corrected chi connectivity index (χ2v) is 8.12. The Balaban J connectivity index is 2.02. The third-order valence-corrected chi connectivity index (χ3v) is 5.21. The largest absolute Gasteiger partial charge is 0.448 e. The lowest BCUT2D eigenvalue weighted by Gasteiger charge is -2.13. The number of halogens is 5. The normalized spacial score (nSPS) is 11.4. The minimum absolute atomic E-state index is 0.0161. The van der Waals surface area contributed by atoms with Crippen LogP contribution in [0.15, 0.2) is 60.2 Å². The van der Waals surface area contributed by atoms with E-state index in [1.54, 1.807) is 6.07 Å². The van der Waals surface area contributed by atoms with Crippen LogP contribution in [-0.4, -0.2) is 15.8 Å². The molecule has 0 bridgehead atoms. The number of nitriles is 1. The fraction of sp³-hybridized carbons (Fsp3) is 0.0435. The first kappa shape index (κ1) is 27.9. The van der Waals surface area contributed by atoms with Crippen molar-refractivity contribution in [1.82, 2.24) is 0 Å². The second-order valence-electron chi connectivity index (χ2n) is 7.28. The van der Waals surface area contributed by atoms with Crippen molar-refractivity contribution in [1.29, 1.82) is 5.26 Å². The molecule has 0 aliphatic rings. The number of hydrogen-bond acceptors (Lipinski definition) is 7. The Hall–Kier alpha value is -4.67. The van der Waals surface area contributed by atoms with Crippen LogP contribution in [-0.2, 0) is 11.0 Å². The Morgan fingerprint density at radius 1 is 1.05 bits per heavy atom. The number of anilines is 1. The fourth-order valence-electron chi connectivity index (χ4n) is 3.03. The number of non-ortho nitro benzene ring substituents is 1. The van der Waals surface area contributed by atoms with Crippen molar-refractivity contribution in [2.75, 3.05) is 5.32 Å². The van der Waals surface area contributed by atoms with Crippen LogP contribution in [0, 0.1) is 31.6 Å². The van der Waals surface area contributed by atoms with Gasteiger partial charge in [0, 0.05) is 22.3 Å². The highest BCUT2D eigenvalue weighted by molar-refractivity contribution is 6.36. The molecule has 194 valence electrons. The van der Waals surface area contributed by atoms with Gasteiger partial charge >= 0.3 is 11.9 Å². The van der Waals surface area contributed by atoms with E-state index in [2.05, 4.69) is 5.32 Å². The van der Waals surface area contributed by atoms with E-state index in [1.165, 1.54) is 18.2 Å². The summed E-state index contributed by atoms with van der Waals surface area (Å²) in [4.78, 5) is 33.3. The molecule has 0 radical (unpaired) electrons. The number of alkyl halides is 3. The minimum atomic E-state index is -4.67. The number of rotatable bonds is 7. The predicted molar refractivity (Wildman–Crippen MR) is 130 cm³/mol. The van der Waals surface area contributed by atoms with Gasteiger partial charge in [0.15, 0.2) is 5.75 Å². The average Bonchev–Trinajstić information content (AvgIpc) is 2.83. The molecule has 3 rings (SSSR count). The number of ether oxygens (including phenoxy) is 1. The van der Waals surface area contributed by atoms with Crippen molar-refractivity contribution in [2.24, 2.45) is 0 Å². The average molecular weight is 567 g/mol. The molecule has 15 heteroatoms. The zero-order chi connectivity index (χ0) is 28.2. The number of nitrogens with zero attached hydrogens (tertiary/aromatic N) is 3. The molecule has 0 aliphatic carbocycles. The van der Waals surface area contributed by atoms with Gasteiger partial charge in [0.05, 0.1) is 26.5 Å². The van der Waals surface area contributed by atoms with Gasteiger partial charge in [0.2, 0.25) is 5.75 Å². The van der Waals surface area contributed by atoms with E-state index < -0.39 is 50.2 Å². The quantitative estimate of drug-likeness (QED) is 0.138. The number of nitro groups is 2. The van der Waals surface area contributed by atoms with Crippen molar-refractivity contribution in [3.05, 3.63) is 102 Å². The number of benzene rings is 3. The van der Waals surface area contributed by atoms with Crippen LogP contribution in [0.2, 0.25) is 10.0 Å². The zero-order valence-electron chi connectivity index (χ0n) is 18.5. The van der Waals surface area contributed by atoms with E-state index in [4.69, 9.17) is 27.9 Å². The lowest BCUT2D eigenvalue weighted by molar-refractivity contribution is -0.394. The topological polar surface area (TPSA) is 148 Å². The lowest BCUT2D eigenvalue weighted by Crippen LogP contribution is -2.14. The first-order valence-corrected chi connectivity index (χ1v) is 10.8. The summed E-state index contributed by atoms with van der Waals surface area (Å²) in [6.45, 7) is 0. The van der Waals surface area contributed by atoms with Gasteiger partial charge in [-0.15, -0.1) is 0 Å². The number of carbonyl (C=O) groups is 1. The number of nitrogens with one attached hydrogen (secondary N) is 1. The molecule has 1 N–H and O–H groups in total.